The first-order valence-electron chi connectivity index (χ1n) is 9.88. The summed E-state index contributed by atoms with van der Waals surface area (Å²) in [6.07, 6.45) is 10.1. The highest BCUT2D eigenvalue weighted by Gasteiger charge is 2.39. The van der Waals surface area contributed by atoms with Crippen LogP contribution in [0.5, 0.6) is 0 Å². The van der Waals surface area contributed by atoms with E-state index < -0.39 is 0 Å². The van der Waals surface area contributed by atoms with E-state index in [9.17, 15) is 0 Å². The normalized spacial score (nSPS) is 32.8. The molecule has 3 saturated heterocycles. The van der Waals surface area contributed by atoms with Crippen LogP contribution in [0.3, 0.4) is 0 Å². The van der Waals surface area contributed by atoms with Crippen molar-refractivity contribution in [3.8, 4) is 0 Å². The van der Waals surface area contributed by atoms with Gasteiger partial charge in [0.1, 0.15) is 24.0 Å². The molecule has 1 spiro atoms. The summed E-state index contributed by atoms with van der Waals surface area (Å²) in [5.74, 6) is 0.534. The first-order valence-corrected chi connectivity index (χ1v) is 9.88. The second kappa shape index (κ2) is 6.48. The van der Waals surface area contributed by atoms with E-state index in [1.54, 1.807) is 0 Å². The van der Waals surface area contributed by atoms with Crippen LogP contribution in [-0.4, -0.2) is 58.3 Å². The minimum Gasteiger partial charge on any atom is -0.383 e. The van der Waals surface area contributed by atoms with E-state index in [0.717, 1.165) is 30.4 Å². The number of nitrogen functional groups attached to an aromatic ring is 1. The van der Waals surface area contributed by atoms with E-state index in [0.29, 0.717) is 17.3 Å². The van der Waals surface area contributed by atoms with Gasteiger partial charge >= 0.3 is 0 Å². The summed E-state index contributed by atoms with van der Waals surface area (Å²) >= 11 is 0. The molecule has 3 aliphatic rings. The summed E-state index contributed by atoms with van der Waals surface area (Å²) in [4.78, 5) is 11.1. The van der Waals surface area contributed by atoms with Crippen molar-refractivity contribution in [3.05, 3.63) is 18.6 Å². The van der Waals surface area contributed by atoms with Crippen molar-refractivity contribution >= 4 is 16.9 Å². The Hall–Kier alpha value is -1.70. The second-order valence-electron chi connectivity index (χ2n) is 8.27. The number of anilines is 1. The van der Waals surface area contributed by atoms with Gasteiger partial charge in [-0.1, -0.05) is 0 Å². The molecule has 3 atom stereocenters. The monoisotopic (exact) mass is 356 g/mol. The number of rotatable bonds is 3. The summed E-state index contributed by atoms with van der Waals surface area (Å²) < 4.78 is 8.53. The van der Waals surface area contributed by atoms with Gasteiger partial charge in [-0.2, -0.15) is 0 Å². The predicted octanol–water partition coefficient (Wildman–Crippen LogP) is 1.77. The molecule has 26 heavy (non-hydrogen) atoms. The van der Waals surface area contributed by atoms with Gasteiger partial charge in [0.15, 0.2) is 0 Å². The van der Waals surface area contributed by atoms with E-state index in [-0.39, 0.29) is 6.23 Å². The highest BCUT2D eigenvalue weighted by atomic mass is 16.5. The molecule has 2 aromatic rings. The minimum atomic E-state index is 0.0543. The van der Waals surface area contributed by atoms with Crippen LogP contribution in [0.25, 0.3) is 11.0 Å². The zero-order valence-electron chi connectivity index (χ0n) is 15.2. The number of fused-ring (bicyclic) bond motifs is 1. The highest BCUT2D eigenvalue weighted by molar-refractivity contribution is 5.86. The van der Waals surface area contributed by atoms with Gasteiger partial charge in [0.25, 0.3) is 0 Å². The predicted molar refractivity (Wildman–Crippen MR) is 101 cm³/mol. The van der Waals surface area contributed by atoms with Crippen LogP contribution in [0.2, 0.25) is 0 Å². The Balaban J connectivity index is 1.25. The Morgan fingerprint density at radius 2 is 2.27 bits per heavy atom. The summed E-state index contributed by atoms with van der Waals surface area (Å²) in [6.45, 7) is 5.85. The van der Waals surface area contributed by atoms with Gasteiger partial charge in [0.05, 0.1) is 11.5 Å². The Bertz CT molecular complexity index is 783. The molecule has 3 aliphatic heterocycles. The van der Waals surface area contributed by atoms with Gasteiger partial charge in [-0.05, 0) is 56.7 Å². The average Bonchev–Trinajstić information content (AvgIpc) is 3.36. The van der Waals surface area contributed by atoms with Gasteiger partial charge < -0.3 is 25.3 Å². The minimum absolute atomic E-state index is 0.0543. The van der Waals surface area contributed by atoms with Crippen LogP contribution >= 0.6 is 0 Å². The van der Waals surface area contributed by atoms with E-state index in [4.69, 9.17) is 10.5 Å². The van der Waals surface area contributed by atoms with Crippen molar-refractivity contribution < 1.29 is 4.74 Å². The third kappa shape index (κ3) is 2.88. The molecule has 0 aliphatic carbocycles. The quantitative estimate of drug-likeness (QED) is 0.872. The van der Waals surface area contributed by atoms with Gasteiger partial charge in [0, 0.05) is 25.8 Å². The molecule has 3 fully saturated rings. The molecule has 5 heterocycles. The molecule has 0 radical (unpaired) electrons. The van der Waals surface area contributed by atoms with E-state index in [1.807, 2.05) is 12.3 Å². The maximum absolute atomic E-state index is 6.41. The van der Waals surface area contributed by atoms with Crippen LogP contribution in [0.1, 0.15) is 38.3 Å². The topological polar surface area (TPSA) is 81.2 Å². The summed E-state index contributed by atoms with van der Waals surface area (Å²) in [6, 6.07) is 1.99. The molecule has 0 saturated carbocycles. The van der Waals surface area contributed by atoms with Crippen LogP contribution < -0.4 is 11.1 Å². The number of hydrogen-bond donors (Lipinski definition) is 2. The number of hydrogen-bond acceptors (Lipinski definition) is 6. The van der Waals surface area contributed by atoms with Crippen LogP contribution in [-0.2, 0) is 4.74 Å². The molecular weight excluding hydrogens is 328 g/mol. The molecule has 7 nitrogen and oxygen atoms in total. The zero-order chi connectivity index (χ0) is 17.6. The Morgan fingerprint density at radius 1 is 1.31 bits per heavy atom. The van der Waals surface area contributed by atoms with E-state index in [2.05, 4.69) is 24.8 Å². The number of likely N-dealkylation sites (tertiary alicyclic amines) is 1. The first-order chi connectivity index (χ1) is 12.7. The molecule has 0 aromatic carbocycles. The number of nitrogens with one attached hydrogen (secondary N) is 1. The molecule has 3 unspecified atom stereocenters. The largest absolute Gasteiger partial charge is 0.383 e. The third-order valence-corrected chi connectivity index (χ3v) is 6.47. The SMILES string of the molecule is Nc1ncnc2c1ccn2C1CCC(CN2CCCC3(CCNC3)C2)O1. The van der Waals surface area contributed by atoms with Gasteiger partial charge in [-0.25, -0.2) is 9.97 Å². The molecule has 0 amide bonds. The zero-order valence-corrected chi connectivity index (χ0v) is 15.2. The number of aromatic nitrogens is 3. The molecule has 3 N–H and O–H groups in total. The first kappa shape index (κ1) is 16.5. The summed E-state index contributed by atoms with van der Waals surface area (Å²) in [7, 11) is 0. The molecule has 5 rings (SSSR count). The van der Waals surface area contributed by atoms with Crippen LogP contribution in [0.15, 0.2) is 18.6 Å². The number of nitrogens with zero attached hydrogens (tertiary/aromatic N) is 4. The lowest BCUT2D eigenvalue weighted by atomic mass is 9.79. The lowest BCUT2D eigenvalue weighted by molar-refractivity contribution is -0.0228. The fourth-order valence-corrected chi connectivity index (χ4v) is 5.15. The van der Waals surface area contributed by atoms with Crippen molar-refractivity contribution in [2.75, 3.05) is 38.5 Å². The van der Waals surface area contributed by atoms with Gasteiger partial charge in [-0.3, -0.25) is 0 Å². The Morgan fingerprint density at radius 3 is 3.15 bits per heavy atom. The maximum atomic E-state index is 6.41. The third-order valence-electron chi connectivity index (χ3n) is 6.47. The van der Waals surface area contributed by atoms with Crippen molar-refractivity contribution in [3.63, 3.8) is 0 Å². The lowest BCUT2D eigenvalue weighted by Gasteiger charge is -2.40. The Kier molecular flexibility index (Phi) is 4.10. The molecule has 0 bridgehead atoms. The molecule has 7 heteroatoms. The van der Waals surface area contributed by atoms with Crippen LogP contribution in [0, 0.1) is 5.41 Å². The van der Waals surface area contributed by atoms with Crippen molar-refractivity contribution in [2.45, 2.75) is 44.4 Å². The number of ether oxygens (including phenoxy) is 1. The molecule has 2 aromatic heterocycles. The highest BCUT2D eigenvalue weighted by Crippen LogP contribution is 2.37. The van der Waals surface area contributed by atoms with E-state index in [1.165, 1.54) is 51.8 Å². The van der Waals surface area contributed by atoms with E-state index >= 15 is 0 Å². The fourth-order valence-electron chi connectivity index (χ4n) is 5.15. The molecule has 140 valence electrons. The maximum Gasteiger partial charge on any atom is 0.147 e. The van der Waals surface area contributed by atoms with Crippen molar-refractivity contribution in [2.24, 2.45) is 5.41 Å². The molecular formula is C19H28N6O. The van der Waals surface area contributed by atoms with Crippen molar-refractivity contribution in [1.82, 2.24) is 24.8 Å². The van der Waals surface area contributed by atoms with Gasteiger partial charge in [0.2, 0.25) is 0 Å². The summed E-state index contributed by atoms with van der Waals surface area (Å²) in [5, 5.41) is 4.47. The Labute approximate surface area is 153 Å². The fraction of sp³-hybridized carbons (Fsp3) is 0.684. The number of piperidine rings is 1. The van der Waals surface area contributed by atoms with Gasteiger partial charge in [-0.15, -0.1) is 0 Å². The smallest absolute Gasteiger partial charge is 0.147 e. The van der Waals surface area contributed by atoms with Crippen LogP contribution in [0.4, 0.5) is 5.82 Å². The number of nitrogens with two attached hydrogens (primary N) is 1. The second-order valence-corrected chi connectivity index (χ2v) is 8.27. The summed E-state index contributed by atoms with van der Waals surface area (Å²) in [5.41, 5.74) is 7.35. The average molecular weight is 356 g/mol. The lowest BCUT2D eigenvalue weighted by Crippen LogP contribution is -2.46. The van der Waals surface area contributed by atoms with Crippen molar-refractivity contribution in [1.29, 1.82) is 0 Å². The standard InChI is InChI=1S/C19H28N6O/c20-17-15-4-9-25(18(15)23-13-22-17)16-3-2-14(26-16)10-24-8-1-5-19(12-24)6-7-21-11-19/h4,9,13-14,16,21H,1-3,5-8,10-12H2,(H2,20,22,23).